The average Bonchev–Trinajstić information content (AvgIpc) is 3.68. The first-order chi connectivity index (χ1) is 23.8. The highest BCUT2D eigenvalue weighted by Gasteiger charge is 2.20. The molecule has 0 atom stereocenters. The first-order valence-corrected chi connectivity index (χ1v) is 17.3. The molecule has 0 fully saturated rings. The highest BCUT2D eigenvalue weighted by Crippen LogP contribution is 2.46. The molecule has 1 nitrogen and oxygen atoms in total. The third kappa shape index (κ3) is 3.55. The third-order valence-corrected chi connectivity index (χ3v) is 11.5. The first-order valence-electron chi connectivity index (χ1n) is 16.5. The van der Waals surface area contributed by atoms with E-state index in [9.17, 15) is 0 Å². The van der Waals surface area contributed by atoms with Crippen LogP contribution in [0.25, 0.3) is 102 Å². The van der Waals surface area contributed by atoms with Crippen molar-refractivity contribution in [1.82, 2.24) is 4.57 Å². The molecule has 2 aromatic heterocycles. The summed E-state index contributed by atoms with van der Waals surface area (Å²) in [7, 11) is 0. The average molecular weight is 626 g/mol. The Hall–Kier alpha value is -5.96. The summed E-state index contributed by atoms with van der Waals surface area (Å²) >= 11 is 1.90. The fourth-order valence-electron chi connectivity index (χ4n) is 8.23. The molecular weight excluding hydrogens is 599 g/mol. The molecule has 0 saturated heterocycles. The molecule has 0 bridgehead atoms. The summed E-state index contributed by atoms with van der Waals surface area (Å²) < 4.78 is 5.12. The molecule has 0 radical (unpaired) electrons. The number of fused-ring (bicyclic) bond motifs is 6. The topological polar surface area (TPSA) is 4.93 Å². The Morgan fingerprint density at radius 3 is 1.88 bits per heavy atom. The predicted molar refractivity (Wildman–Crippen MR) is 208 cm³/mol. The molecule has 222 valence electrons. The van der Waals surface area contributed by atoms with Crippen LogP contribution in [0.15, 0.2) is 164 Å². The lowest BCUT2D eigenvalue weighted by Crippen LogP contribution is -1.93. The van der Waals surface area contributed by atoms with Crippen molar-refractivity contribution in [2.24, 2.45) is 0 Å². The number of aromatic nitrogens is 1. The van der Waals surface area contributed by atoms with Gasteiger partial charge in [0.25, 0.3) is 0 Å². The zero-order valence-corrected chi connectivity index (χ0v) is 26.8. The Kier molecular flexibility index (Phi) is 5.32. The summed E-state index contributed by atoms with van der Waals surface area (Å²) in [5, 5.41) is 13.0. The molecule has 11 rings (SSSR count). The molecule has 9 aromatic carbocycles. The van der Waals surface area contributed by atoms with Gasteiger partial charge in [-0.3, -0.25) is 0 Å². The number of rotatable bonds is 3. The highest BCUT2D eigenvalue weighted by molar-refractivity contribution is 7.26. The molecule has 0 amide bonds. The molecule has 0 unspecified atom stereocenters. The quantitative estimate of drug-likeness (QED) is 0.172. The van der Waals surface area contributed by atoms with Gasteiger partial charge in [0.1, 0.15) is 0 Å². The van der Waals surface area contributed by atoms with E-state index in [1.54, 1.807) is 0 Å². The molecule has 2 heterocycles. The largest absolute Gasteiger partial charge is 0.308 e. The van der Waals surface area contributed by atoms with Crippen molar-refractivity contribution in [3.63, 3.8) is 0 Å². The van der Waals surface area contributed by atoms with Crippen molar-refractivity contribution in [3.8, 4) is 27.9 Å². The van der Waals surface area contributed by atoms with Crippen molar-refractivity contribution < 1.29 is 0 Å². The Labute approximate surface area is 280 Å². The zero-order chi connectivity index (χ0) is 31.3. The normalized spacial score (nSPS) is 12.2. The Morgan fingerprint density at radius 1 is 0.396 bits per heavy atom. The number of benzene rings is 9. The summed E-state index contributed by atoms with van der Waals surface area (Å²) in [6.45, 7) is 0. The maximum atomic E-state index is 2.45. The van der Waals surface area contributed by atoms with Gasteiger partial charge in [-0.1, -0.05) is 133 Å². The monoisotopic (exact) mass is 625 g/mol. The molecule has 0 aliphatic heterocycles. The summed E-state index contributed by atoms with van der Waals surface area (Å²) in [4.78, 5) is 0. The lowest BCUT2D eigenvalue weighted by Gasteiger charge is -2.17. The Bertz CT molecular complexity index is 3050. The van der Waals surface area contributed by atoms with Gasteiger partial charge in [0.05, 0.1) is 15.7 Å². The summed E-state index contributed by atoms with van der Waals surface area (Å²) in [6.07, 6.45) is 0. The van der Waals surface area contributed by atoms with Gasteiger partial charge in [0.2, 0.25) is 0 Å². The van der Waals surface area contributed by atoms with Crippen LogP contribution in [-0.4, -0.2) is 4.57 Å². The van der Waals surface area contributed by atoms with E-state index >= 15 is 0 Å². The highest BCUT2D eigenvalue weighted by atomic mass is 32.1. The van der Waals surface area contributed by atoms with Gasteiger partial charge in [-0.15, -0.1) is 11.3 Å². The molecule has 0 aliphatic carbocycles. The second kappa shape index (κ2) is 9.78. The van der Waals surface area contributed by atoms with Crippen LogP contribution in [0.5, 0.6) is 0 Å². The molecular formula is C46H27NS. The third-order valence-electron chi connectivity index (χ3n) is 10.3. The van der Waals surface area contributed by atoms with E-state index in [0.717, 1.165) is 0 Å². The second-order valence-corrected chi connectivity index (χ2v) is 13.9. The van der Waals surface area contributed by atoms with E-state index in [4.69, 9.17) is 0 Å². The lowest BCUT2D eigenvalue weighted by atomic mass is 9.86. The first kappa shape index (κ1) is 26.1. The maximum Gasteiger partial charge on any atom is 0.0727 e. The minimum absolute atomic E-state index is 1.19. The zero-order valence-electron chi connectivity index (χ0n) is 25.9. The van der Waals surface area contributed by atoms with Crippen molar-refractivity contribution in [1.29, 1.82) is 0 Å². The lowest BCUT2D eigenvalue weighted by molar-refractivity contribution is 1.19. The van der Waals surface area contributed by atoms with Crippen LogP contribution in [0.1, 0.15) is 0 Å². The van der Waals surface area contributed by atoms with Gasteiger partial charge in [-0.2, -0.15) is 0 Å². The van der Waals surface area contributed by atoms with Crippen molar-refractivity contribution in [3.05, 3.63) is 164 Å². The van der Waals surface area contributed by atoms with Crippen molar-refractivity contribution in [2.45, 2.75) is 0 Å². The molecule has 0 aliphatic rings. The number of hydrogen-bond acceptors (Lipinski definition) is 1. The summed E-state index contributed by atoms with van der Waals surface area (Å²) in [6, 6.07) is 60.6. The molecule has 0 N–H and O–H groups in total. The van der Waals surface area contributed by atoms with Crippen LogP contribution >= 0.6 is 11.3 Å². The molecule has 0 saturated carbocycles. The Balaban J connectivity index is 1.18. The standard InChI is InChI=1S/C46H27NS/c1-2-11-32(12-3-1)47-41-26-21-31(27-40(41)46-45(47)39-14-6-7-16-42(39)48-46)34-22-17-29-20-25-38-36(23-18-30-19-24-37(34)43(29)44(30)38)35-15-8-10-28-9-4-5-13-33(28)35/h1-27H. The van der Waals surface area contributed by atoms with Gasteiger partial charge in [0, 0.05) is 21.2 Å². The number of nitrogens with zero attached hydrogens (tertiary/aromatic N) is 1. The maximum absolute atomic E-state index is 2.45. The van der Waals surface area contributed by atoms with Crippen LogP contribution in [0.2, 0.25) is 0 Å². The SMILES string of the molecule is c1ccc(-n2c3ccc(-c4ccc5ccc6c(-c7cccc8ccccc78)ccc7ccc4c5c76)cc3c3sc4ccccc4c32)cc1. The minimum atomic E-state index is 1.19. The van der Waals surface area contributed by atoms with Crippen LogP contribution in [0.4, 0.5) is 0 Å². The molecule has 48 heavy (non-hydrogen) atoms. The smallest absolute Gasteiger partial charge is 0.0727 e. The van der Waals surface area contributed by atoms with E-state index in [1.807, 2.05) is 11.3 Å². The summed E-state index contributed by atoms with van der Waals surface area (Å²) in [5.41, 5.74) is 8.83. The predicted octanol–water partition coefficient (Wildman–Crippen LogP) is 13.4. The van der Waals surface area contributed by atoms with Gasteiger partial charge >= 0.3 is 0 Å². The fraction of sp³-hybridized carbons (Fsp3) is 0. The second-order valence-electron chi connectivity index (χ2n) is 12.9. The Morgan fingerprint density at radius 2 is 1.04 bits per heavy atom. The number of thiophene rings is 1. The molecule has 0 spiro atoms. The molecule has 11 aromatic rings. The van der Waals surface area contributed by atoms with Crippen LogP contribution < -0.4 is 0 Å². The molecule has 2 heteroatoms. The van der Waals surface area contributed by atoms with Crippen LogP contribution in [-0.2, 0) is 0 Å². The van der Waals surface area contributed by atoms with E-state index in [-0.39, 0.29) is 0 Å². The van der Waals surface area contributed by atoms with Gasteiger partial charge < -0.3 is 4.57 Å². The van der Waals surface area contributed by atoms with E-state index < -0.39 is 0 Å². The van der Waals surface area contributed by atoms with E-state index in [0.29, 0.717) is 0 Å². The van der Waals surface area contributed by atoms with E-state index in [2.05, 4.69) is 168 Å². The fourth-order valence-corrected chi connectivity index (χ4v) is 9.44. The van der Waals surface area contributed by atoms with Crippen LogP contribution in [0, 0.1) is 0 Å². The van der Waals surface area contributed by atoms with Gasteiger partial charge in [0.15, 0.2) is 0 Å². The summed E-state index contributed by atoms with van der Waals surface area (Å²) in [5.74, 6) is 0. The number of hydrogen-bond donors (Lipinski definition) is 0. The van der Waals surface area contributed by atoms with E-state index in [1.165, 1.54) is 102 Å². The van der Waals surface area contributed by atoms with Gasteiger partial charge in [-0.25, -0.2) is 0 Å². The van der Waals surface area contributed by atoms with Crippen molar-refractivity contribution >= 4 is 85.6 Å². The minimum Gasteiger partial charge on any atom is -0.308 e. The number of para-hydroxylation sites is 1. The van der Waals surface area contributed by atoms with Crippen LogP contribution in [0.3, 0.4) is 0 Å². The van der Waals surface area contributed by atoms with Gasteiger partial charge in [-0.05, 0) is 95.7 Å². The van der Waals surface area contributed by atoms with Crippen molar-refractivity contribution in [2.75, 3.05) is 0 Å².